The van der Waals surface area contributed by atoms with Crippen molar-refractivity contribution in [1.29, 1.82) is 0 Å². The van der Waals surface area contributed by atoms with Crippen LogP contribution in [-0.2, 0) is 14.3 Å². The lowest BCUT2D eigenvalue weighted by Crippen LogP contribution is -2.27. The minimum absolute atomic E-state index is 0.165. The van der Waals surface area contributed by atoms with Crippen molar-refractivity contribution in [1.82, 2.24) is 0 Å². The fraction of sp³-hybridized carbons (Fsp3) is 0.467. The van der Waals surface area contributed by atoms with Crippen LogP contribution < -0.4 is 10.2 Å². The van der Waals surface area contributed by atoms with E-state index >= 15 is 0 Å². The molecule has 2 amide bonds. The number of rotatable bonds is 4. The molecule has 1 fully saturated rings. The zero-order valence-corrected chi connectivity index (χ0v) is 12.1. The Labute approximate surface area is 118 Å². The minimum atomic E-state index is -0.491. The van der Waals surface area contributed by atoms with Crippen LogP contribution in [0.4, 0.5) is 11.4 Å². The number of hydrogen-bond donors (Lipinski definition) is 1. The highest BCUT2D eigenvalue weighted by molar-refractivity contribution is 5.97. The Hall–Kier alpha value is -1.88. The maximum atomic E-state index is 11.8. The van der Waals surface area contributed by atoms with E-state index in [4.69, 9.17) is 4.74 Å². The third kappa shape index (κ3) is 2.99. The zero-order chi connectivity index (χ0) is 14.7. The van der Waals surface area contributed by atoms with Crippen LogP contribution in [0.25, 0.3) is 0 Å². The number of aryl methyl sites for hydroxylation is 1. The molecule has 0 radical (unpaired) electrons. The number of benzene rings is 1. The first-order chi connectivity index (χ1) is 9.52. The molecule has 0 saturated carbocycles. The highest BCUT2D eigenvalue weighted by Gasteiger charge is 2.23. The molecule has 5 heteroatoms. The highest BCUT2D eigenvalue weighted by atomic mass is 16.5. The van der Waals surface area contributed by atoms with Crippen LogP contribution in [0, 0.1) is 6.92 Å². The van der Waals surface area contributed by atoms with E-state index in [1.165, 1.54) is 7.11 Å². The molecular weight excluding hydrogens is 256 g/mol. The van der Waals surface area contributed by atoms with Crippen molar-refractivity contribution in [3.8, 4) is 0 Å². The molecule has 0 spiro atoms. The zero-order valence-electron chi connectivity index (χ0n) is 12.1. The van der Waals surface area contributed by atoms with Gasteiger partial charge in [0, 0.05) is 31.5 Å². The first kappa shape index (κ1) is 14.5. The summed E-state index contributed by atoms with van der Waals surface area (Å²) in [4.78, 5) is 25.3. The van der Waals surface area contributed by atoms with Crippen LogP contribution in [0.5, 0.6) is 0 Å². The van der Waals surface area contributed by atoms with Crippen LogP contribution in [0.15, 0.2) is 18.2 Å². The Morgan fingerprint density at radius 3 is 2.75 bits per heavy atom. The SMILES string of the molecule is COC(C)C(=O)Nc1ccc(N2CCCC2=O)c(C)c1. The number of carbonyl (C=O) groups is 2. The summed E-state index contributed by atoms with van der Waals surface area (Å²) in [5, 5.41) is 2.80. The summed E-state index contributed by atoms with van der Waals surface area (Å²) in [6.07, 6.45) is 1.03. The third-order valence-electron chi connectivity index (χ3n) is 3.55. The van der Waals surface area contributed by atoms with E-state index < -0.39 is 6.10 Å². The Kier molecular flexibility index (Phi) is 4.39. The summed E-state index contributed by atoms with van der Waals surface area (Å²) >= 11 is 0. The number of hydrogen-bond acceptors (Lipinski definition) is 3. The van der Waals surface area contributed by atoms with Crippen molar-refractivity contribution in [2.24, 2.45) is 0 Å². The van der Waals surface area contributed by atoms with Gasteiger partial charge in [0.2, 0.25) is 5.91 Å². The quantitative estimate of drug-likeness (QED) is 0.916. The molecule has 1 atom stereocenters. The van der Waals surface area contributed by atoms with Crippen molar-refractivity contribution in [2.45, 2.75) is 32.8 Å². The highest BCUT2D eigenvalue weighted by Crippen LogP contribution is 2.27. The van der Waals surface area contributed by atoms with E-state index in [0.717, 1.165) is 24.2 Å². The lowest BCUT2D eigenvalue weighted by molar-refractivity contribution is -0.124. The van der Waals surface area contributed by atoms with E-state index in [0.29, 0.717) is 12.1 Å². The summed E-state index contributed by atoms with van der Waals surface area (Å²) in [6.45, 7) is 4.40. The van der Waals surface area contributed by atoms with Crippen LogP contribution in [0.3, 0.4) is 0 Å². The lowest BCUT2D eigenvalue weighted by atomic mass is 10.1. The number of ether oxygens (including phenoxy) is 1. The van der Waals surface area contributed by atoms with E-state index in [1.54, 1.807) is 11.8 Å². The third-order valence-corrected chi connectivity index (χ3v) is 3.55. The number of nitrogens with zero attached hydrogens (tertiary/aromatic N) is 1. The normalized spacial score (nSPS) is 16.4. The van der Waals surface area contributed by atoms with Gasteiger partial charge in [0.1, 0.15) is 6.10 Å². The Balaban J connectivity index is 2.13. The number of carbonyl (C=O) groups excluding carboxylic acids is 2. The number of nitrogens with one attached hydrogen (secondary N) is 1. The van der Waals surface area contributed by atoms with Crippen LogP contribution in [0.2, 0.25) is 0 Å². The van der Waals surface area contributed by atoms with Crippen molar-refractivity contribution in [3.05, 3.63) is 23.8 Å². The average Bonchev–Trinajstić information content (AvgIpc) is 2.84. The van der Waals surface area contributed by atoms with Crippen molar-refractivity contribution in [3.63, 3.8) is 0 Å². The monoisotopic (exact) mass is 276 g/mol. The van der Waals surface area contributed by atoms with E-state index in [2.05, 4.69) is 5.32 Å². The van der Waals surface area contributed by atoms with Gasteiger partial charge in [-0.2, -0.15) is 0 Å². The first-order valence-corrected chi connectivity index (χ1v) is 6.77. The fourth-order valence-corrected chi connectivity index (χ4v) is 2.29. The van der Waals surface area contributed by atoms with Gasteiger partial charge < -0.3 is 15.0 Å². The molecule has 1 aliphatic rings. The Morgan fingerprint density at radius 2 is 2.20 bits per heavy atom. The van der Waals surface area contributed by atoms with E-state index in [1.807, 2.05) is 25.1 Å². The van der Waals surface area contributed by atoms with Gasteiger partial charge in [0.05, 0.1) is 0 Å². The molecule has 1 N–H and O–H groups in total. The average molecular weight is 276 g/mol. The first-order valence-electron chi connectivity index (χ1n) is 6.77. The van der Waals surface area contributed by atoms with Gasteiger partial charge in [-0.1, -0.05) is 0 Å². The Bertz CT molecular complexity index is 528. The van der Waals surface area contributed by atoms with E-state index in [-0.39, 0.29) is 11.8 Å². The van der Waals surface area contributed by atoms with Gasteiger partial charge in [0.15, 0.2) is 0 Å². The molecule has 1 aromatic rings. The standard InChI is InChI=1S/C15H20N2O3/c1-10-9-12(16-15(19)11(2)20-3)6-7-13(10)17-8-4-5-14(17)18/h6-7,9,11H,4-5,8H2,1-3H3,(H,16,19). The summed E-state index contributed by atoms with van der Waals surface area (Å²) in [6, 6.07) is 5.57. The smallest absolute Gasteiger partial charge is 0.253 e. The largest absolute Gasteiger partial charge is 0.372 e. The topological polar surface area (TPSA) is 58.6 Å². The van der Waals surface area contributed by atoms with E-state index in [9.17, 15) is 9.59 Å². The number of amides is 2. The molecule has 1 aromatic carbocycles. The molecule has 20 heavy (non-hydrogen) atoms. The molecule has 1 aliphatic heterocycles. The fourth-order valence-electron chi connectivity index (χ4n) is 2.29. The number of anilines is 2. The second kappa shape index (κ2) is 6.05. The molecule has 0 aliphatic carbocycles. The van der Waals surface area contributed by atoms with Gasteiger partial charge >= 0.3 is 0 Å². The van der Waals surface area contributed by atoms with Crippen LogP contribution >= 0.6 is 0 Å². The summed E-state index contributed by atoms with van der Waals surface area (Å²) in [5.41, 5.74) is 2.61. The molecule has 108 valence electrons. The lowest BCUT2D eigenvalue weighted by Gasteiger charge is -2.19. The van der Waals surface area contributed by atoms with Gasteiger partial charge in [-0.15, -0.1) is 0 Å². The summed E-state index contributed by atoms with van der Waals surface area (Å²) in [7, 11) is 1.50. The second-order valence-electron chi connectivity index (χ2n) is 5.02. The molecule has 5 nitrogen and oxygen atoms in total. The summed E-state index contributed by atoms with van der Waals surface area (Å²) < 4.78 is 4.97. The maximum Gasteiger partial charge on any atom is 0.253 e. The molecule has 1 heterocycles. The van der Waals surface area contributed by atoms with Crippen LogP contribution in [0.1, 0.15) is 25.3 Å². The summed E-state index contributed by atoms with van der Waals surface area (Å²) in [5.74, 6) is -0.0187. The molecule has 1 unspecified atom stereocenters. The maximum absolute atomic E-state index is 11.8. The van der Waals surface area contributed by atoms with Gasteiger partial charge in [-0.05, 0) is 44.0 Å². The van der Waals surface area contributed by atoms with Crippen molar-refractivity contribution in [2.75, 3.05) is 23.9 Å². The minimum Gasteiger partial charge on any atom is -0.372 e. The number of methoxy groups -OCH3 is 1. The molecule has 0 aromatic heterocycles. The van der Waals surface area contributed by atoms with Crippen molar-refractivity contribution >= 4 is 23.2 Å². The molecule has 1 saturated heterocycles. The van der Waals surface area contributed by atoms with Gasteiger partial charge in [0.25, 0.3) is 5.91 Å². The molecule has 2 rings (SSSR count). The van der Waals surface area contributed by atoms with Gasteiger partial charge in [-0.25, -0.2) is 0 Å². The second-order valence-corrected chi connectivity index (χ2v) is 5.02. The van der Waals surface area contributed by atoms with Crippen LogP contribution in [-0.4, -0.2) is 31.6 Å². The predicted octanol–water partition coefficient (Wildman–Crippen LogP) is 2.10. The van der Waals surface area contributed by atoms with Gasteiger partial charge in [-0.3, -0.25) is 9.59 Å². The van der Waals surface area contributed by atoms with Crippen molar-refractivity contribution < 1.29 is 14.3 Å². The molecule has 0 bridgehead atoms. The molecular formula is C15H20N2O3. The predicted molar refractivity (Wildman–Crippen MR) is 77.9 cm³/mol. The Morgan fingerprint density at radius 1 is 1.45 bits per heavy atom.